The second-order valence-corrected chi connectivity index (χ2v) is 14.7. The first kappa shape index (κ1) is 24.8. The molecule has 0 amide bonds. The Morgan fingerprint density at radius 2 is 1.56 bits per heavy atom. The highest BCUT2D eigenvalue weighted by molar-refractivity contribution is 5.78. The predicted octanol–water partition coefficient (Wildman–Crippen LogP) is 7.18. The Morgan fingerprint density at radius 1 is 0.853 bits per heavy atom. The molecule has 0 radical (unpaired) electrons. The molecule has 0 aliphatic heterocycles. The fourth-order valence-electron chi connectivity index (χ4n) is 11.7. The Hall–Kier alpha value is -0.830. The van der Waals surface area contributed by atoms with Crippen LogP contribution in [0.1, 0.15) is 106 Å². The van der Waals surface area contributed by atoms with Gasteiger partial charge in [0.05, 0.1) is 18.6 Å². The highest BCUT2D eigenvalue weighted by Gasteiger charge is 2.72. The number of carbonyl (C=O) groups excluding carboxylic acids is 1. The fraction of sp³-hybridized carbons (Fsp3) is 0.903. The van der Waals surface area contributed by atoms with Crippen LogP contribution in [-0.4, -0.2) is 24.3 Å². The molecule has 5 aliphatic carbocycles. The van der Waals surface area contributed by atoms with E-state index in [2.05, 4.69) is 48.1 Å². The lowest BCUT2D eigenvalue weighted by atomic mass is 9.32. The topological polar surface area (TPSA) is 46.5 Å². The average molecular weight is 471 g/mol. The molecule has 192 valence electrons. The molecular formula is C31H50O3. The molecule has 5 saturated carbocycles. The minimum absolute atomic E-state index is 0.00478. The van der Waals surface area contributed by atoms with Crippen LogP contribution in [0.25, 0.3) is 0 Å². The van der Waals surface area contributed by atoms with E-state index in [-0.39, 0.29) is 33.7 Å². The first-order chi connectivity index (χ1) is 15.8. The number of ether oxygens (including phenoxy) is 1. The van der Waals surface area contributed by atoms with Gasteiger partial charge in [-0.25, -0.2) is 0 Å². The number of aliphatic hydroxyl groups excluding tert-OH is 1. The maximum atomic E-state index is 13.3. The van der Waals surface area contributed by atoms with E-state index in [9.17, 15) is 9.90 Å². The Labute approximate surface area is 208 Å². The summed E-state index contributed by atoms with van der Waals surface area (Å²) in [4.78, 5) is 13.3. The van der Waals surface area contributed by atoms with Crippen molar-refractivity contribution in [2.45, 2.75) is 112 Å². The molecule has 0 spiro atoms. The second-order valence-electron chi connectivity index (χ2n) is 14.7. The van der Waals surface area contributed by atoms with Crippen LogP contribution in [0.3, 0.4) is 0 Å². The number of hydrogen-bond donors (Lipinski definition) is 1. The van der Waals surface area contributed by atoms with E-state index < -0.39 is 0 Å². The molecule has 5 aliphatic rings. The van der Waals surface area contributed by atoms with Gasteiger partial charge in [0, 0.05) is 0 Å². The zero-order valence-electron chi connectivity index (χ0n) is 23.0. The molecule has 0 aromatic heterocycles. The summed E-state index contributed by atoms with van der Waals surface area (Å²) < 4.78 is 5.49. The zero-order chi connectivity index (χ0) is 24.9. The van der Waals surface area contributed by atoms with Crippen molar-refractivity contribution in [2.75, 3.05) is 7.11 Å². The lowest BCUT2D eigenvalue weighted by Gasteiger charge is -2.72. The smallest absolute Gasteiger partial charge is 0.312 e. The Kier molecular flexibility index (Phi) is 5.55. The summed E-state index contributed by atoms with van der Waals surface area (Å²) in [5.74, 6) is 2.72. The second kappa shape index (κ2) is 7.59. The third kappa shape index (κ3) is 2.83. The molecule has 5 fully saturated rings. The van der Waals surface area contributed by atoms with Gasteiger partial charge in [0.15, 0.2) is 0 Å². The largest absolute Gasteiger partial charge is 0.469 e. The molecular weight excluding hydrogens is 420 g/mol. The Bertz CT molecular complexity index is 876. The number of hydrogen-bond acceptors (Lipinski definition) is 3. The van der Waals surface area contributed by atoms with Gasteiger partial charge < -0.3 is 9.84 Å². The first-order valence-corrected chi connectivity index (χ1v) is 14.2. The molecule has 3 heteroatoms. The predicted molar refractivity (Wildman–Crippen MR) is 137 cm³/mol. The quantitative estimate of drug-likeness (QED) is 0.343. The highest BCUT2D eigenvalue weighted by atomic mass is 16.5. The number of methoxy groups -OCH3 is 1. The maximum absolute atomic E-state index is 13.3. The van der Waals surface area contributed by atoms with Gasteiger partial charge in [-0.2, -0.15) is 0 Å². The van der Waals surface area contributed by atoms with Crippen molar-refractivity contribution in [1.82, 2.24) is 0 Å². The van der Waals surface area contributed by atoms with Crippen molar-refractivity contribution in [2.24, 2.45) is 56.7 Å². The van der Waals surface area contributed by atoms with Gasteiger partial charge in [0.2, 0.25) is 0 Å². The summed E-state index contributed by atoms with van der Waals surface area (Å²) >= 11 is 0. The lowest BCUT2D eigenvalue weighted by molar-refractivity contribution is -0.248. The summed E-state index contributed by atoms with van der Waals surface area (Å²) in [5.41, 5.74) is 1.78. The highest BCUT2D eigenvalue weighted by Crippen LogP contribution is 2.77. The first-order valence-electron chi connectivity index (χ1n) is 14.2. The van der Waals surface area contributed by atoms with Crippen LogP contribution >= 0.6 is 0 Å². The van der Waals surface area contributed by atoms with E-state index in [1.165, 1.54) is 31.3 Å². The van der Waals surface area contributed by atoms with E-state index in [4.69, 9.17) is 4.74 Å². The molecule has 3 nitrogen and oxygen atoms in total. The minimum Gasteiger partial charge on any atom is -0.469 e. The summed E-state index contributed by atoms with van der Waals surface area (Å²) in [7, 11) is 1.59. The van der Waals surface area contributed by atoms with Crippen molar-refractivity contribution in [3.63, 3.8) is 0 Å². The number of carbonyl (C=O) groups is 1. The number of rotatable bonds is 2. The lowest BCUT2D eigenvalue weighted by Crippen LogP contribution is -2.67. The monoisotopic (exact) mass is 470 g/mol. The van der Waals surface area contributed by atoms with Crippen LogP contribution < -0.4 is 0 Å². The van der Waals surface area contributed by atoms with Crippen LogP contribution in [0, 0.1) is 56.7 Å². The Balaban J connectivity index is 1.56. The molecule has 0 saturated heterocycles. The molecule has 5 rings (SSSR count). The van der Waals surface area contributed by atoms with E-state index in [0.29, 0.717) is 35.0 Å². The van der Waals surface area contributed by atoms with Gasteiger partial charge >= 0.3 is 5.97 Å². The van der Waals surface area contributed by atoms with Crippen molar-refractivity contribution in [3.05, 3.63) is 12.2 Å². The summed E-state index contributed by atoms with van der Waals surface area (Å²) in [6.45, 7) is 19.1. The van der Waals surface area contributed by atoms with Crippen LogP contribution in [0.2, 0.25) is 0 Å². The number of aliphatic hydroxyl groups is 1. The molecule has 0 bridgehead atoms. The van der Waals surface area contributed by atoms with Gasteiger partial charge in [-0.05, 0) is 122 Å². The molecule has 0 heterocycles. The number of fused-ring (bicyclic) bond motifs is 7. The standard InChI is InChI=1S/C31H50O3/c1-19(2)20-11-16-31(26(33)34-8)18-17-29(6)21(25(20)31)9-10-23-28(5)14-13-24(32)27(3,4)22(28)12-15-30(23,29)7/h20-25,32H,1,9-18H2,2-8H3/t20-,21-,22-,23+,24+,25+,28+,29+,30-,31+/m1/s1. The van der Waals surface area contributed by atoms with Gasteiger partial charge in [-0.3, -0.25) is 4.79 Å². The molecule has 0 unspecified atom stereocenters. The third-order valence-corrected chi connectivity index (χ3v) is 13.6. The van der Waals surface area contributed by atoms with Gasteiger partial charge in [-0.1, -0.05) is 46.8 Å². The Morgan fingerprint density at radius 3 is 2.21 bits per heavy atom. The molecule has 34 heavy (non-hydrogen) atoms. The van der Waals surface area contributed by atoms with E-state index in [1.54, 1.807) is 7.11 Å². The summed E-state index contributed by atoms with van der Waals surface area (Å²) in [5, 5.41) is 10.9. The van der Waals surface area contributed by atoms with Crippen LogP contribution in [-0.2, 0) is 9.53 Å². The van der Waals surface area contributed by atoms with Gasteiger partial charge in [0.1, 0.15) is 0 Å². The summed E-state index contributed by atoms with van der Waals surface area (Å²) in [6, 6.07) is 0. The van der Waals surface area contributed by atoms with Crippen molar-refractivity contribution in [1.29, 1.82) is 0 Å². The van der Waals surface area contributed by atoms with Crippen molar-refractivity contribution in [3.8, 4) is 0 Å². The molecule has 1 N–H and O–H groups in total. The van der Waals surface area contributed by atoms with E-state index in [0.717, 1.165) is 38.5 Å². The molecule has 0 aromatic rings. The zero-order valence-corrected chi connectivity index (χ0v) is 23.0. The molecule has 0 aromatic carbocycles. The van der Waals surface area contributed by atoms with Gasteiger partial charge in [-0.15, -0.1) is 0 Å². The normalized spacial score (nSPS) is 53.6. The van der Waals surface area contributed by atoms with Crippen molar-refractivity contribution < 1.29 is 14.6 Å². The third-order valence-electron chi connectivity index (χ3n) is 13.6. The van der Waals surface area contributed by atoms with Crippen LogP contribution in [0.5, 0.6) is 0 Å². The average Bonchev–Trinajstić information content (AvgIpc) is 3.18. The van der Waals surface area contributed by atoms with Gasteiger partial charge in [0.25, 0.3) is 0 Å². The van der Waals surface area contributed by atoms with E-state index in [1.807, 2.05) is 0 Å². The fourth-order valence-corrected chi connectivity index (χ4v) is 11.7. The van der Waals surface area contributed by atoms with Crippen molar-refractivity contribution >= 4 is 5.97 Å². The summed E-state index contributed by atoms with van der Waals surface area (Å²) in [6.07, 6.45) is 11.1. The van der Waals surface area contributed by atoms with Crippen LogP contribution in [0.15, 0.2) is 12.2 Å². The number of allylic oxidation sites excluding steroid dienone is 1. The minimum atomic E-state index is -0.302. The maximum Gasteiger partial charge on any atom is 0.312 e. The SMILES string of the molecule is C=C(C)[C@H]1CC[C@]2(C(=O)OC)CC[C@@]3(C)[C@H](CC[C@H]4[C@@]5(C)CC[C@H](O)C(C)(C)[C@H]5CC[C@]43C)[C@H]12. The van der Waals surface area contributed by atoms with Crippen LogP contribution in [0.4, 0.5) is 0 Å². The van der Waals surface area contributed by atoms with E-state index >= 15 is 0 Å². The number of esters is 1. The molecule has 10 atom stereocenters.